The van der Waals surface area contributed by atoms with E-state index in [0.29, 0.717) is 36.1 Å². The summed E-state index contributed by atoms with van der Waals surface area (Å²) in [5, 5.41) is 7.21. The largest absolute Gasteiger partial charge is 0.489 e. The predicted octanol–water partition coefficient (Wildman–Crippen LogP) is 3.80. The molecule has 1 atom stereocenters. The van der Waals surface area contributed by atoms with Crippen LogP contribution in [0, 0.1) is 6.92 Å². The molecular weight excluding hydrogens is 340 g/mol. The van der Waals surface area contributed by atoms with Crippen LogP contribution in [-0.4, -0.2) is 25.0 Å². The van der Waals surface area contributed by atoms with Gasteiger partial charge < -0.3 is 19.8 Å². The van der Waals surface area contributed by atoms with E-state index in [1.165, 1.54) is 0 Å². The summed E-state index contributed by atoms with van der Waals surface area (Å²) in [6, 6.07) is 16.0. The van der Waals surface area contributed by atoms with Crippen molar-refractivity contribution in [1.82, 2.24) is 10.6 Å². The third-order valence-electron chi connectivity index (χ3n) is 4.98. The molecular formula is C22H24N2O3. The third-order valence-corrected chi connectivity index (χ3v) is 4.98. The topological polar surface area (TPSA) is 63.5 Å². The Morgan fingerprint density at radius 3 is 2.89 bits per heavy atom. The molecule has 5 nitrogen and oxygen atoms in total. The lowest BCUT2D eigenvalue weighted by molar-refractivity contribution is 0.0950. The molecule has 0 radical (unpaired) electrons. The number of amides is 1. The van der Waals surface area contributed by atoms with Crippen molar-refractivity contribution in [3.63, 3.8) is 0 Å². The van der Waals surface area contributed by atoms with Gasteiger partial charge in [-0.15, -0.1) is 0 Å². The normalized spacial score (nSPS) is 16.6. The highest BCUT2D eigenvalue weighted by molar-refractivity contribution is 6.07. The van der Waals surface area contributed by atoms with Gasteiger partial charge in [0.2, 0.25) is 0 Å². The average Bonchev–Trinajstić information content (AvgIpc) is 3.32. The average molecular weight is 364 g/mol. The van der Waals surface area contributed by atoms with Crippen LogP contribution in [-0.2, 0) is 6.61 Å². The number of carbonyl (C=O) groups is 1. The van der Waals surface area contributed by atoms with Crippen molar-refractivity contribution in [3.05, 3.63) is 65.4 Å². The summed E-state index contributed by atoms with van der Waals surface area (Å²) in [4.78, 5) is 12.7. The lowest BCUT2D eigenvalue weighted by Gasteiger charge is -2.11. The summed E-state index contributed by atoms with van der Waals surface area (Å²) >= 11 is 0. The highest BCUT2D eigenvalue weighted by atomic mass is 16.5. The fraction of sp³-hybridized carbons (Fsp3) is 0.318. The molecule has 0 aliphatic carbocycles. The standard InChI is InChI=1S/C22H24N2O3/c1-15-21(22(25)24-13-17-8-5-11-23-17)19-12-18(9-10-20(19)27-15)26-14-16-6-3-2-4-7-16/h2-4,6-7,9-10,12,17,23H,5,8,11,13-14H2,1H3,(H,24,25). The maximum Gasteiger partial charge on any atom is 0.255 e. The van der Waals surface area contributed by atoms with E-state index in [1.807, 2.05) is 55.5 Å². The monoisotopic (exact) mass is 364 g/mol. The number of ether oxygens (including phenoxy) is 1. The van der Waals surface area contributed by atoms with E-state index in [-0.39, 0.29) is 5.91 Å². The molecule has 1 amide bonds. The molecule has 3 aromatic rings. The van der Waals surface area contributed by atoms with Crippen molar-refractivity contribution in [2.75, 3.05) is 13.1 Å². The smallest absolute Gasteiger partial charge is 0.255 e. The second-order valence-corrected chi connectivity index (χ2v) is 6.97. The number of fused-ring (bicyclic) bond motifs is 1. The molecule has 5 heteroatoms. The minimum absolute atomic E-state index is 0.0971. The van der Waals surface area contributed by atoms with Crippen molar-refractivity contribution in [1.29, 1.82) is 0 Å². The molecule has 140 valence electrons. The molecule has 1 aliphatic rings. The van der Waals surface area contributed by atoms with Gasteiger partial charge in [0.05, 0.1) is 5.56 Å². The SMILES string of the molecule is Cc1oc2ccc(OCc3ccccc3)cc2c1C(=O)NCC1CCCN1. The molecule has 27 heavy (non-hydrogen) atoms. The lowest BCUT2D eigenvalue weighted by atomic mass is 10.1. The summed E-state index contributed by atoms with van der Waals surface area (Å²) in [5.74, 6) is 1.25. The third kappa shape index (κ3) is 3.98. The molecule has 2 N–H and O–H groups in total. The van der Waals surface area contributed by atoms with Gasteiger partial charge >= 0.3 is 0 Å². The summed E-state index contributed by atoms with van der Waals surface area (Å²) < 4.78 is 11.7. The maximum atomic E-state index is 12.7. The van der Waals surface area contributed by atoms with Gasteiger partial charge in [-0.1, -0.05) is 30.3 Å². The first-order valence-electron chi connectivity index (χ1n) is 9.42. The number of carbonyl (C=O) groups excluding carboxylic acids is 1. The van der Waals surface area contributed by atoms with Gasteiger partial charge in [0.25, 0.3) is 5.91 Å². The number of hydrogen-bond acceptors (Lipinski definition) is 4. The Hall–Kier alpha value is -2.79. The van der Waals surface area contributed by atoms with Gasteiger partial charge in [-0.05, 0) is 50.1 Å². The first-order chi connectivity index (χ1) is 13.2. The van der Waals surface area contributed by atoms with Crippen molar-refractivity contribution < 1.29 is 13.9 Å². The zero-order valence-corrected chi connectivity index (χ0v) is 15.5. The minimum atomic E-state index is -0.0971. The van der Waals surface area contributed by atoms with Crippen LogP contribution >= 0.6 is 0 Å². The fourth-order valence-corrected chi connectivity index (χ4v) is 3.55. The second kappa shape index (κ2) is 7.84. The van der Waals surface area contributed by atoms with E-state index >= 15 is 0 Å². The van der Waals surface area contributed by atoms with Crippen molar-refractivity contribution in [2.24, 2.45) is 0 Å². The molecule has 1 fully saturated rings. The second-order valence-electron chi connectivity index (χ2n) is 6.97. The Morgan fingerprint density at radius 2 is 2.11 bits per heavy atom. The highest BCUT2D eigenvalue weighted by Gasteiger charge is 2.21. The Labute approximate surface area is 158 Å². The molecule has 1 aromatic heterocycles. The summed E-state index contributed by atoms with van der Waals surface area (Å²) in [6.45, 7) is 3.97. The zero-order chi connectivity index (χ0) is 18.6. The Bertz CT molecular complexity index is 927. The molecule has 2 heterocycles. The van der Waals surface area contributed by atoms with Crippen LogP contribution in [0.15, 0.2) is 52.9 Å². The lowest BCUT2D eigenvalue weighted by Crippen LogP contribution is -2.37. The maximum absolute atomic E-state index is 12.7. The van der Waals surface area contributed by atoms with Crippen molar-refractivity contribution >= 4 is 16.9 Å². The fourth-order valence-electron chi connectivity index (χ4n) is 3.55. The summed E-state index contributed by atoms with van der Waals surface area (Å²) in [5.41, 5.74) is 2.39. The van der Waals surface area contributed by atoms with Crippen molar-refractivity contribution in [2.45, 2.75) is 32.4 Å². The molecule has 0 spiro atoms. The first kappa shape index (κ1) is 17.6. The molecule has 1 saturated heterocycles. The molecule has 4 rings (SSSR count). The number of rotatable bonds is 6. The minimum Gasteiger partial charge on any atom is -0.489 e. The van der Waals surface area contributed by atoms with Crippen LogP contribution in [0.25, 0.3) is 11.0 Å². The van der Waals surface area contributed by atoms with E-state index in [9.17, 15) is 4.79 Å². The van der Waals surface area contributed by atoms with Gasteiger partial charge in [-0.2, -0.15) is 0 Å². The van der Waals surface area contributed by atoms with E-state index < -0.39 is 0 Å². The Morgan fingerprint density at radius 1 is 1.26 bits per heavy atom. The predicted molar refractivity (Wildman–Crippen MR) is 105 cm³/mol. The Kier molecular flexibility index (Phi) is 5.12. The molecule has 1 unspecified atom stereocenters. The van der Waals surface area contributed by atoms with Crippen LogP contribution in [0.2, 0.25) is 0 Å². The number of nitrogens with one attached hydrogen (secondary N) is 2. The number of furan rings is 1. The number of hydrogen-bond donors (Lipinski definition) is 2. The number of aryl methyl sites for hydroxylation is 1. The van der Waals surface area contributed by atoms with Crippen LogP contribution in [0.1, 0.15) is 34.5 Å². The summed E-state index contributed by atoms with van der Waals surface area (Å²) in [7, 11) is 0. The molecule has 1 aliphatic heterocycles. The van der Waals surface area contributed by atoms with E-state index in [2.05, 4.69) is 10.6 Å². The van der Waals surface area contributed by atoms with Crippen LogP contribution in [0.4, 0.5) is 0 Å². The van der Waals surface area contributed by atoms with Gasteiger partial charge in [0, 0.05) is 18.0 Å². The molecule has 0 saturated carbocycles. The zero-order valence-electron chi connectivity index (χ0n) is 15.5. The van der Waals surface area contributed by atoms with Gasteiger partial charge in [0.1, 0.15) is 23.7 Å². The molecule has 2 aromatic carbocycles. The highest BCUT2D eigenvalue weighted by Crippen LogP contribution is 2.29. The quantitative estimate of drug-likeness (QED) is 0.698. The van der Waals surface area contributed by atoms with Gasteiger partial charge in [-0.25, -0.2) is 0 Å². The van der Waals surface area contributed by atoms with Crippen LogP contribution in [0.3, 0.4) is 0 Å². The number of benzene rings is 2. The van der Waals surface area contributed by atoms with E-state index in [0.717, 1.165) is 36.1 Å². The van der Waals surface area contributed by atoms with Crippen LogP contribution < -0.4 is 15.4 Å². The van der Waals surface area contributed by atoms with Gasteiger partial charge in [0.15, 0.2) is 0 Å². The van der Waals surface area contributed by atoms with E-state index in [1.54, 1.807) is 0 Å². The summed E-state index contributed by atoms with van der Waals surface area (Å²) in [6.07, 6.45) is 2.26. The van der Waals surface area contributed by atoms with Crippen molar-refractivity contribution in [3.8, 4) is 5.75 Å². The van der Waals surface area contributed by atoms with E-state index in [4.69, 9.17) is 9.15 Å². The molecule has 0 bridgehead atoms. The Balaban J connectivity index is 1.51. The van der Waals surface area contributed by atoms with Crippen LogP contribution in [0.5, 0.6) is 5.75 Å². The first-order valence-corrected chi connectivity index (χ1v) is 9.42. The van der Waals surface area contributed by atoms with Gasteiger partial charge in [-0.3, -0.25) is 4.79 Å².